The Labute approximate surface area is 157 Å². The van der Waals surface area contributed by atoms with Crippen molar-refractivity contribution in [1.29, 1.82) is 0 Å². The number of aryl methyl sites for hydroxylation is 3. The number of amides is 1. The molecule has 0 radical (unpaired) electrons. The Morgan fingerprint density at radius 1 is 1.30 bits per heavy atom. The van der Waals surface area contributed by atoms with Crippen molar-refractivity contribution >= 4 is 11.7 Å². The molecule has 2 N–H and O–H groups in total. The smallest absolute Gasteiger partial charge is 0.247 e. The summed E-state index contributed by atoms with van der Waals surface area (Å²) in [5.74, 6) is 2.05. The topological polar surface area (TPSA) is 85.0 Å². The number of anilines is 1. The summed E-state index contributed by atoms with van der Waals surface area (Å²) in [5, 5.41) is 10.2. The van der Waals surface area contributed by atoms with Crippen molar-refractivity contribution in [1.82, 2.24) is 20.0 Å². The molecule has 2 aromatic heterocycles. The molecule has 7 nitrogen and oxygen atoms in total. The number of hydrogen-bond donors (Lipinski definition) is 2. The summed E-state index contributed by atoms with van der Waals surface area (Å²) in [6.07, 6.45) is 3.91. The molecular weight excluding hydrogens is 342 g/mol. The Morgan fingerprint density at radius 3 is 2.85 bits per heavy atom. The fourth-order valence-corrected chi connectivity index (χ4v) is 3.55. The van der Waals surface area contributed by atoms with Crippen molar-refractivity contribution in [3.8, 4) is 0 Å². The molecule has 0 saturated carbocycles. The molecule has 27 heavy (non-hydrogen) atoms. The Hall–Kier alpha value is -2.93. The number of nitrogens with one attached hydrogen (secondary N) is 2. The first-order chi connectivity index (χ1) is 13.1. The second-order valence-electron chi connectivity index (χ2n) is 7.01. The lowest BCUT2D eigenvalue weighted by atomic mass is 10.0. The average molecular weight is 365 g/mol. The average Bonchev–Trinajstić information content (AvgIpc) is 3.24. The van der Waals surface area contributed by atoms with Gasteiger partial charge in [-0.15, -0.1) is 0 Å². The normalized spacial score (nSPS) is 17.3. The highest BCUT2D eigenvalue weighted by Gasteiger charge is 2.27. The lowest BCUT2D eigenvalue weighted by molar-refractivity contribution is -0.118. The quantitative estimate of drug-likeness (QED) is 0.726. The third kappa shape index (κ3) is 3.93. The van der Waals surface area contributed by atoms with Gasteiger partial charge in [-0.05, 0) is 25.8 Å². The number of nitrogens with zero attached hydrogens (tertiary/aromatic N) is 3. The summed E-state index contributed by atoms with van der Waals surface area (Å²) in [6, 6.07) is 11.2. The zero-order valence-electron chi connectivity index (χ0n) is 15.5. The first-order valence-electron chi connectivity index (χ1n) is 9.16. The Balaban J connectivity index is 1.52. The van der Waals surface area contributed by atoms with E-state index < -0.39 is 6.04 Å². The zero-order chi connectivity index (χ0) is 18.8. The first kappa shape index (κ1) is 17.5. The molecule has 140 valence electrons. The molecule has 1 amide bonds. The van der Waals surface area contributed by atoms with E-state index in [0.29, 0.717) is 11.6 Å². The Bertz CT molecular complexity index is 931. The molecule has 0 saturated heterocycles. The van der Waals surface area contributed by atoms with Gasteiger partial charge in [-0.3, -0.25) is 10.1 Å². The third-order valence-corrected chi connectivity index (χ3v) is 4.79. The Kier molecular flexibility index (Phi) is 4.77. The Morgan fingerprint density at radius 2 is 2.11 bits per heavy atom. The third-order valence-electron chi connectivity index (χ3n) is 4.79. The fraction of sp³-hybridized carbons (Fsp3) is 0.350. The minimum Gasteiger partial charge on any atom is -0.360 e. The van der Waals surface area contributed by atoms with Crippen molar-refractivity contribution in [2.24, 2.45) is 0 Å². The maximum absolute atomic E-state index is 13.0. The van der Waals surface area contributed by atoms with Crippen LogP contribution in [0.1, 0.15) is 35.3 Å². The van der Waals surface area contributed by atoms with Crippen molar-refractivity contribution in [2.75, 3.05) is 5.32 Å². The van der Waals surface area contributed by atoms with Crippen LogP contribution in [-0.2, 0) is 17.8 Å². The van der Waals surface area contributed by atoms with Crippen molar-refractivity contribution in [2.45, 2.75) is 45.3 Å². The van der Waals surface area contributed by atoms with Crippen molar-refractivity contribution in [3.05, 3.63) is 65.4 Å². The van der Waals surface area contributed by atoms with E-state index in [1.807, 2.05) is 37.3 Å². The molecule has 0 bridgehead atoms. The second kappa shape index (κ2) is 7.36. The number of benzene rings is 1. The summed E-state index contributed by atoms with van der Waals surface area (Å²) in [6.45, 7) is 4.60. The van der Waals surface area contributed by atoms with Gasteiger partial charge in [0.25, 0.3) is 0 Å². The lowest BCUT2D eigenvalue weighted by Crippen LogP contribution is -2.43. The fourth-order valence-electron chi connectivity index (χ4n) is 3.55. The van der Waals surface area contributed by atoms with Gasteiger partial charge < -0.3 is 14.4 Å². The van der Waals surface area contributed by atoms with Crippen LogP contribution in [0.2, 0.25) is 0 Å². The predicted molar refractivity (Wildman–Crippen MR) is 101 cm³/mol. The molecule has 1 aromatic carbocycles. The largest absolute Gasteiger partial charge is 0.360 e. The van der Waals surface area contributed by atoms with Crippen LogP contribution in [0.4, 0.5) is 5.82 Å². The number of hydrogen-bond acceptors (Lipinski definition) is 5. The predicted octanol–water partition coefficient (Wildman–Crippen LogP) is 2.77. The number of carbonyl (C=O) groups is 1. The summed E-state index contributed by atoms with van der Waals surface area (Å²) in [5.41, 5.74) is 1.95. The second-order valence-corrected chi connectivity index (χ2v) is 7.01. The summed E-state index contributed by atoms with van der Waals surface area (Å²) in [4.78, 5) is 17.5. The number of carbonyl (C=O) groups excluding carboxylic acids is 1. The standard InChI is InChI=1S/C20H23N5O2/c1-13-11-25-12-16(8-9-18(25)21-13)22-19(15-6-4-3-5-7-15)20(26)23-17-10-14(2)27-24-17/h3-7,10-11,16,19,22H,8-9,12H2,1-2H3,(H,23,24,26). The van der Waals surface area contributed by atoms with E-state index in [9.17, 15) is 4.79 Å². The molecule has 2 atom stereocenters. The van der Waals surface area contributed by atoms with Gasteiger partial charge in [-0.1, -0.05) is 35.5 Å². The number of aromatic nitrogens is 3. The maximum Gasteiger partial charge on any atom is 0.247 e. The van der Waals surface area contributed by atoms with Crippen LogP contribution in [0.15, 0.2) is 47.1 Å². The van der Waals surface area contributed by atoms with Crippen LogP contribution in [0.3, 0.4) is 0 Å². The summed E-state index contributed by atoms with van der Waals surface area (Å²) in [7, 11) is 0. The highest BCUT2D eigenvalue weighted by Crippen LogP contribution is 2.21. The van der Waals surface area contributed by atoms with Gasteiger partial charge in [0.05, 0.1) is 5.69 Å². The highest BCUT2D eigenvalue weighted by atomic mass is 16.5. The molecule has 0 aliphatic carbocycles. The molecule has 3 heterocycles. The maximum atomic E-state index is 13.0. The number of rotatable bonds is 5. The number of fused-ring (bicyclic) bond motifs is 1. The molecular formula is C20H23N5O2. The molecule has 3 aromatic rings. The lowest BCUT2D eigenvalue weighted by Gasteiger charge is -2.29. The first-order valence-corrected chi connectivity index (χ1v) is 9.16. The van der Waals surface area contributed by atoms with E-state index in [4.69, 9.17) is 4.52 Å². The van der Waals surface area contributed by atoms with Gasteiger partial charge in [0, 0.05) is 31.3 Å². The van der Waals surface area contributed by atoms with Gasteiger partial charge in [-0.25, -0.2) is 4.98 Å². The van der Waals surface area contributed by atoms with E-state index in [0.717, 1.165) is 36.5 Å². The van der Waals surface area contributed by atoms with E-state index in [2.05, 4.69) is 31.5 Å². The zero-order valence-corrected chi connectivity index (χ0v) is 15.5. The minimum atomic E-state index is -0.473. The number of imidazole rings is 1. The van der Waals surface area contributed by atoms with E-state index in [1.54, 1.807) is 13.0 Å². The minimum absolute atomic E-state index is 0.151. The van der Waals surface area contributed by atoms with Gasteiger partial charge in [-0.2, -0.15) is 0 Å². The summed E-state index contributed by atoms with van der Waals surface area (Å²) < 4.78 is 7.22. The van der Waals surface area contributed by atoms with Crippen molar-refractivity contribution < 1.29 is 9.32 Å². The van der Waals surface area contributed by atoms with Gasteiger partial charge in [0.2, 0.25) is 5.91 Å². The molecule has 7 heteroatoms. The van der Waals surface area contributed by atoms with Gasteiger partial charge in [0.1, 0.15) is 17.6 Å². The van der Waals surface area contributed by atoms with E-state index in [-0.39, 0.29) is 11.9 Å². The molecule has 2 unspecified atom stereocenters. The molecule has 1 aliphatic rings. The van der Waals surface area contributed by atoms with E-state index in [1.165, 1.54) is 0 Å². The van der Waals surface area contributed by atoms with Crippen LogP contribution in [-0.4, -0.2) is 26.7 Å². The monoisotopic (exact) mass is 365 g/mol. The SMILES string of the molecule is Cc1cn2c(n1)CCC(NC(C(=O)Nc1cc(C)on1)c1ccccc1)C2. The van der Waals surface area contributed by atoms with Crippen LogP contribution in [0.25, 0.3) is 0 Å². The molecule has 4 rings (SSSR count). The summed E-state index contributed by atoms with van der Waals surface area (Å²) >= 11 is 0. The van der Waals surface area contributed by atoms with Gasteiger partial charge in [0.15, 0.2) is 5.82 Å². The van der Waals surface area contributed by atoms with Gasteiger partial charge >= 0.3 is 0 Å². The van der Waals surface area contributed by atoms with Crippen LogP contribution >= 0.6 is 0 Å². The molecule has 0 spiro atoms. The van der Waals surface area contributed by atoms with Crippen LogP contribution < -0.4 is 10.6 Å². The highest BCUT2D eigenvalue weighted by molar-refractivity contribution is 5.94. The van der Waals surface area contributed by atoms with Crippen molar-refractivity contribution in [3.63, 3.8) is 0 Å². The van der Waals surface area contributed by atoms with Crippen LogP contribution in [0.5, 0.6) is 0 Å². The van der Waals surface area contributed by atoms with Crippen LogP contribution in [0, 0.1) is 13.8 Å². The molecule has 1 aliphatic heterocycles. The van der Waals surface area contributed by atoms with E-state index >= 15 is 0 Å². The molecule has 0 fully saturated rings.